The molecule has 0 amide bonds. The molecule has 0 atom stereocenters. The fourth-order valence-electron chi connectivity index (χ4n) is 3.10. The molecule has 0 aliphatic rings. The molecule has 0 aliphatic carbocycles. The molecule has 29 heavy (non-hydrogen) atoms. The van der Waals surface area contributed by atoms with Gasteiger partial charge in [0.2, 0.25) is 5.95 Å². The third-order valence-electron chi connectivity index (χ3n) is 4.60. The van der Waals surface area contributed by atoms with E-state index in [-0.39, 0.29) is 17.0 Å². The van der Waals surface area contributed by atoms with Gasteiger partial charge in [-0.3, -0.25) is 20.0 Å². The Morgan fingerprint density at radius 2 is 1.86 bits per heavy atom. The number of aromatic nitrogens is 4. The van der Waals surface area contributed by atoms with E-state index in [0.717, 1.165) is 11.1 Å². The normalized spacial score (nSPS) is 10.9. The summed E-state index contributed by atoms with van der Waals surface area (Å²) in [7, 11) is 0. The molecule has 4 rings (SSSR count). The lowest BCUT2D eigenvalue weighted by molar-refractivity contribution is -0.384. The molecule has 0 radical (unpaired) electrons. The lowest BCUT2D eigenvalue weighted by Crippen LogP contribution is -2.22. The molecule has 9 nitrogen and oxygen atoms in total. The minimum absolute atomic E-state index is 0.0213. The van der Waals surface area contributed by atoms with Crippen molar-refractivity contribution in [1.82, 2.24) is 19.6 Å². The Balaban J connectivity index is 1.59. The number of non-ortho nitro benzene ring substituents is 1. The second-order valence-corrected chi connectivity index (χ2v) is 6.63. The van der Waals surface area contributed by atoms with Crippen molar-refractivity contribution in [2.45, 2.75) is 19.9 Å². The number of aromatic amines is 1. The van der Waals surface area contributed by atoms with Crippen LogP contribution in [0.4, 0.5) is 11.6 Å². The van der Waals surface area contributed by atoms with Gasteiger partial charge in [-0.05, 0) is 18.1 Å². The first kappa shape index (κ1) is 18.4. The van der Waals surface area contributed by atoms with Crippen LogP contribution in [-0.2, 0) is 13.0 Å². The van der Waals surface area contributed by atoms with Gasteiger partial charge in [0.05, 0.1) is 10.6 Å². The number of nitrogens with one attached hydrogen (secondary N) is 2. The lowest BCUT2D eigenvalue weighted by Gasteiger charge is -2.04. The summed E-state index contributed by atoms with van der Waals surface area (Å²) in [5.41, 5.74) is 2.80. The minimum Gasteiger partial charge on any atom is -0.351 e. The number of H-pyrrole nitrogens is 1. The van der Waals surface area contributed by atoms with Gasteiger partial charge in [-0.1, -0.05) is 42.5 Å². The third-order valence-corrected chi connectivity index (χ3v) is 4.60. The third kappa shape index (κ3) is 3.84. The molecule has 2 aromatic carbocycles. The fourth-order valence-corrected chi connectivity index (χ4v) is 3.10. The summed E-state index contributed by atoms with van der Waals surface area (Å²) in [6.07, 6.45) is 0.483. The zero-order valence-corrected chi connectivity index (χ0v) is 15.6. The van der Waals surface area contributed by atoms with Crippen LogP contribution in [0.25, 0.3) is 5.78 Å². The summed E-state index contributed by atoms with van der Waals surface area (Å²) in [5.74, 6) is 0.628. The first-order chi connectivity index (χ1) is 14.0. The zero-order valence-electron chi connectivity index (χ0n) is 15.6. The standard InChI is InChI=1S/C20H18N6O3/c1-13-17(11-14-6-3-2-4-7-14)18(27)25-20(22-13)23-19(24-25)21-12-15-8-5-9-16(10-15)26(28)29/h2-10H,11-12H2,1H3,(H2,21,22,23,24). The van der Waals surface area contributed by atoms with Crippen molar-refractivity contribution in [3.05, 3.63) is 97.4 Å². The van der Waals surface area contributed by atoms with E-state index in [0.29, 0.717) is 30.2 Å². The quantitative estimate of drug-likeness (QED) is 0.386. The second-order valence-electron chi connectivity index (χ2n) is 6.63. The Morgan fingerprint density at radius 1 is 1.10 bits per heavy atom. The second kappa shape index (κ2) is 7.55. The number of benzene rings is 2. The van der Waals surface area contributed by atoms with Crippen LogP contribution in [0.1, 0.15) is 22.4 Å². The van der Waals surface area contributed by atoms with Crippen molar-refractivity contribution >= 4 is 17.4 Å². The summed E-state index contributed by atoms with van der Waals surface area (Å²) in [4.78, 5) is 32.1. The number of nitrogens with zero attached hydrogens (tertiary/aromatic N) is 4. The fraction of sp³-hybridized carbons (Fsp3) is 0.150. The maximum Gasteiger partial charge on any atom is 0.277 e. The average Bonchev–Trinajstić information content (AvgIpc) is 3.13. The topological polar surface area (TPSA) is 118 Å². The van der Waals surface area contributed by atoms with E-state index >= 15 is 0 Å². The Labute approximate surface area is 165 Å². The number of rotatable bonds is 6. The largest absolute Gasteiger partial charge is 0.351 e. The number of hydrogen-bond donors (Lipinski definition) is 2. The van der Waals surface area contributed by atoms with E-state index in [2.05, 4.69) is 20.4 Å². The lowest BCUT2D eigenvalue weighted by atomic mass is 10.1. The van der Waals surface area contributed by atoms with Gasteiger partial charge in [-0.15, -0.1) is 0 Å². The number of nitro groups is 1. The molecule has 146 valence electrons. The number of fused-ring (bicyclic) bond motifs is 1. The van der Waals surface area contributed by atoms with Crippen LogP contribution in [0, 0.1) is 17.0 Å². The molecule has 0 spiro atoms. The Kier molecular flexibility index (Phi) is 4.78. The van der Waals surface area contributed by atoms with Gasteiger partial charge in [0.1, 0.15) is 0 Å². The molecule has 0 unspecified atom stereocenters. The van der Waals surface area contributed by atoms with Crippen molar-refractivity contribution in [2.24, 2.45) is 0 Å². The summed E-state index contributed by atoms with van der Waals surface area (Å²) < 4.78 is 1.31. The molecule has 0 fully saturated rings. The van der Waals surface area contributed by atoms with Crippen LogP contribution in [0.2, 0.25) is 0 Å². The molecule has 9 heteroatoms. The highest BCUT2D eigenvalue weighted by atomic mass is 16.6. The van der Waals surface area contributed by atoms with Gasteiger partial charge in [0.25, 0.3) is 17.0 Å². The molecule has 0 saturated heterocycles. The van der Waals surface area contributed by atoms with Gasteiger partial charge in [0, 0.05) is 30.7 Å². The molecule has 2 N–H and O–H groups in total. The van der Waals surface area contributed by atoms with Crippen LogP contribution < -0.4 is 10.9 Å². The molecule has 0 saturated carbocycles. The van der Waals surface area contributed by atoms with Crippen LogP contribution in [0.3, 0.4) is 0 Å². The number of hydrogen-bond acceptors (Lipinski definition) is 6. The van der Waals surface area contributed by atoms with E-state index in [1.807, 2.05) is 30.3 Å². The Bertz CT molecular complexity index is 1250. The van der Waals surface area contributed by atoms with Gasteiger partial charge >= 0.3 is 0 Å². The Hall–Kier alpha value is -4.01. The molecule has 2 heterocycles. The predicted octanol–water partition coefficient (Wildman–Crippen LogP) is 2.84. The molecular formula is C20H18N6O3. The van der Waals surface area contributed by atoms with Crippen molar-refractivity contribution < 1.29 is 4.92 Å². The number of aryl methyl sites for hydroxylation is 1. The van der Waals surface area contributed by atoms with E-state index in [9.17, 15) is 14.9 Å². The van der Waals surface area contributed by atoms with Crippen LogP contribution in [0.5, 0.6) is 0 Å². The molecule has 4 aromatic rings. The number of anilines is 1. The molecule has 0 bridgehead atoms. The van der Waals surface area contributed by atoms with Gasteiger partial charge < -0.3 is 5.32 Å². The molecular weight excluding hydrogens is 372 g/mol. The van der Waals surface area contributed by atoms with E-state index < -0.39 is 4.92 Å². The summed E-state index contributed by atoms with van der Waals surface area (Å²) >= 11 is 0. The average molecular weight is 390 g/mol. The van der Waals surface area contributed by atoms with Crippen LogP contribution in [0.15, 0.2) is 59.4 Å². The molecule has 2 aromatic heterocycles. The van der Waals surface area contributed by atoms with E-state index in [1.165, 1.54) is 16.6 Å². The first-order valence-corrected chi connectivity index (χ1v) is 9.00. The van der Waals surface area contributed by atoms with Gasteiger partial charge in [0.15, 0.2) is 0 Å². The van der Waals surface area contributed by atoms with Crippen molar-refractivity contribution in [2.75, 3.05) is 5.32 Å². The predicted molar refractivity (Wildman–Crippen MR) is 108 cm³/mol. The highest BCUT2D eigenvalue weighted by Gasteiger charge is 2.14. The smallest absolute Gasteiger partial charge is 0.277 e. The molecule has 0 aliphatic heterocycles. The van der Waals surface area contributed by atoms with Gasteiger partial charge in [-0.25, -0.2) is 4.98 Å². The van der Waals surface area contributed by atoms with E-state index in [1.54, 1.807) is 19.1 Å². The monoisotopic (exact) mass is 390 g/mol. The summed E-state index contributed by atoms with van der Waals surface area (Å²) in [6.45, 7) is 2.11. The number of nitro benzene ring substituents is 1. The highest BCUT2D eigenvalue weighted by molar-refractivity contribution is 5.41. The van der Waals surface area contributed by atoms with Crippen LogP contribution in [-0.4, -0.2) is 24.5 Å². The first-order valence-electron chi connectivity index (χ1n) is 9.00. The van der Waals surface area contributed by atoms with Crippen molar-refractivity contribution in [1.29, 1.82) is 0 Å². The maximum absolute atomic E-state index is 12.9. The van der Waals surface area contributed by atoms with E-state index in [4.69, 9.17) is 0 Å². The summed E-state index contributed by atoms with van der Waals surface area (Å²) in [6, 6.07) is 16.0. The van der Waals surface area contributed by atoms with Crippen LogP contribution >= 0.6 is 0 Å². The maximum atomic E-state index is 12.9. The summed E-state index contributed by atoms with van der Waals surface area (Å²) in [5, 5.41) is 16.9. The minimum atomic E-state index is -0.439. The SMILES string of the molecule is Cc1nc2nc(NCc3cccc([N+](=O)[O-])c3)[nH]n2c(=O)c1Cc1ccccc1. The zero-order chi connectivity index (χ0) is 20.4. The van der Waals surface area contributed by atoms with Crippen molar-refractivity contribution in [3.63, 3.8) is 0 Å². The Morgan fingerprint density at radius 3 is 2.62 bits per heavy atom. The highest BCUT2D eigenvalue weighted by Crippen LogP contribution is 2.15. The van der Waals surface area contributed by atoms with Gasteiger partial charge in [-0.2, -0.15) is 9.50 Å². The van der Waals surface area contributed by atoms with Crippen molar-refractivity contribution in [3.8, 4) is 0 Å².